The molecular weight excluding hydrogens is 370 g/mol. The molecule has 1 aromatic carbocycles. The molecule has 1 spiro atoms. The molecule has 1 unspecified atom stereocenters. The minimum absolute atomic E-state index is 0.163. The lowest BCUT2D eigenvalue weighted by Crippen LogP contribution is -2.40. The quantitative estimate of drug-likeness (QED) is 0.798. The Morgan fingerprint density at radius 1 is 1.15 bits per heavy atom. The van der Waals surface area contributed by atoms with E-state index in [0.29, 0.717) is 6.54 Å². The van der Waals surface area contributed by atoms with Crippen molar-refractivity contribution in [1.82, 2.24) is 9.62 Å². The molecule has 0 amide bonds. The number of hydrogen-bond acceptors (Lipinski definition) is 3. The molecule has 3 fully saturated rings. The summed E-state index contributed by atoms with van der Waals surface area (Å²) in [6, 6.07) is 2.54. The van der Waals surface area contributed by atoms with E-state index in [9.17, 15) is 17.2 Å². The van der Waals surface area contributed by atoms with Gasteiger partial charge in [0.05, 0.1) is 0 Å². The van der Waals surface area contributed by atoms with Crippen LogP contribution in [0.25, 0.3) is 0 Å². The van der Waals surface area contributed by atoms with Gasteiger partial charge in [-0.25, -0.2) is 21.9 Å². The molecule has 7 heteroatoms. The highest BCUT2D eigenvalue weighted by molar-refractivity contribution is 7.89. The maximum atomic E-state index is 13.9. The number of hydrogen-bond donors (Lipinski definition) is 1. The third kappa shape index (κ3) is 4.20. The fraction of sp³-hybridized carbons (Fsp3) is 0.700. The summed E-state index contributed by atoms with van der Waals surface area (Å²) < 4.78 is 55.1. The second-order valence-electron chi connectivity index (χ2n) is 8.68. The van der Waals surface area contributed by atoms with Gasteiger partial charge < -0.3 is 4.90 Å². The third-order valence-corrected chi connectivity index (χ3v) is 8.09. The Bertz CT molecular complexity index is 789. The second kappa shape index (κ2) is 7.41. The summed E-state index contributed by atoms with van der Waals surface area (Å²) in [6.07, 6.45) is 8.51. The van der Waals surface area contributed by atoms with Crippen molar-refractivity contribution in [3.05, 3.63) is 29.8 Å². The molecule has 2 saturated carbocycles. The van der Waals surface area contributed by atoms with E-state index in [1.807, 2.05) is 0 Å². The highest BCUT2D eigenvalue weighted by Crippen LogP contribution is 2.48. The first kappa shape index (κ1) is 19.3. The molecule has 0 radical (unpaired) electrons. The monoisotopic (exact) mass is 398 g/mol. The first-order valence-electron chi connectivity index (χ1n) is 10.1. The van der Waals surface area contributed by atoms with Gasteiger partial charge in [-0.15, -0.1) is 0 Å². The van der Waals surface area contributed by atoms with E-state index in [0.717, 1.165) is 56.6 Å². The number of rotatable bonds is 6. The van der Waals surface area contributed by atoms with Crippen molar-refractivity contribution in [2.45, 2.75) is 49.8 Å². The topological polar surface area (TPSA) is 49.4 Å². The van der Waals surface area contributed by atoms with Gasteiger partial charge in [-0.3, -0.25) is 0 Å². The largest absolute Gasteiger partial charge is 0.302 e. The minimum atomic E-state index is -4.07. The molecule has 1 aromatic rings. The van der Waals surface area contributed by atoms with E-state index < -0.39 is 26.6 Å². The van der Waals surface area contributed by atoms with Crippen molar-refractivity contribution < 1.29 is 17.2 Å². The normalized spacial score (nSPS) is 25.9. The van der Waals surface area contributed by atoms with E-state index in [1.165, 1.54) is 32.1 Å². The highest BCUT2D eigenvalue weighted by atomic mass is 32.2. The summed E-state index contributed by atoms with van der Waals surface area (Å²) in [5.74, 6) is -0.638. The molecule has 1 heterocycles. The standard InChI is InChI=1S/C20H28F2N2O2S/c21-17-6-7-18(22)19(10-17)27(25,26)23-11-16-13-24(12-15-4-5-15)14-20(16)8-2-1-3-9-20/h6-7,10,15-16,23H,1-5,8-9,11-14H2. The van der Waals surface area contributed by atoms with E-state index in [4.69, 9.17) is 0 Å². The SMILES string of the molecule is O=S(=O)(NCC1CN(CC2CC2)CC12CCCCC2)c1cc(F)ccc1F. The van der Waals surface area contributed by atoms with Gasteiger partial charge in [-0.1, -0.05) is 19.3 Å². The molecule has 1 atom stereocenters. The predicted octanol–water partition coefficient (Wildman–Crippen LogP) is 3.54. The number of benzene rings is 1. The fourth-order valence-electron chi connectivity index (χ4n) is 5.02. The number of sulfonamides is 1. The molecule has 4 rings (SSSR count). The molecule has 1 N–H and O–H groups in total. The Morgan fingerprint density at radius 2 is 1.89 bits per heavy atom. The van der Waals surface area contributed by atoms with Gasteiger partial charge in [0, 0.05) is 26.2 Å². The van der Waals surface area contributed by atoms with Gasteiger partial charge in [0.15, 0.2) is 0 Å². The van der Waals surface area contributed by atoms with Crippen LogP contribution in [-0.2, 0) is 10.0 Å². The van der Waals surface area contributed by atoms with Gasteiger partial charge >= 0.3 is 0 Å². The number of nitrogens with one attached hydrogen (secondary N) is 1. The molecular formula is C20H28F2N2O2S. The second-order valence-corrected chi connectivity index (χ2v) is 10.4. The highest BCUT2D eigenvalue weighted by Gasteiger charge is 2.47. The Balaban J connectivity index is 1.48. The summed E-state index contributed by atoms with van der Waals surface area (Å²) >= 11 is 0. The van der Waals surface area contributed by atoms with Crippen LogP contribution in [0, 0.1) is 28.9 Å². The molecule has 0 bridgehead atoms. The maximum Gasteiger partial charge on any atom is 0.243 e. The van der Waals surface area contributed by atoms with Crippen LogP contribution in [-0.4, -0.2) is 39.5 Å². The Hall–Kier alpha value is -1.05. The zero-order valence-electron chi connectivity index (χ0n) is 15.6. The first-order chi connectivity index (χ1) is 12.9. The first-order valence-corrected chi connectivity index (χ1v) is 11.5. The van der Waals surface area contributed by atoms with Gasteiger partial charge in [0.25, 0.3) is 0 Å². The predicted molar refractivity (Wildman–Crippen MR) is 99.7 cm³/mol. The molecule has 1 aliphatic heterocycles. The summed E-state index contributed by atoms with van der Waals surface area (Å²) in [4.78, 5) is 1.90. The van der Waals surface area contributed by atoms with Crippen LogP contribution in [0.1, 0.15) is 44.9 Å². The molecule has 3 aliphatic rings. The van der Waals surface area contributed by atoms with Crippen LogP contribution in [0.15, 0.2) is 23.1 Å². The Kier molecular flexibility index (Phi) is 5.29. The van der Waals surface area contributed by atoms with Crippen LogP contribution in [0.2, 0.25) is 0 Å². The Morgan fingerprint density at radius 3 is 2.59 bits per heavy atom. The zero-order chi connectivity index (χ0) is 19.1. The lowest BCUT2D eigenvalue weighted by Gasteiger charge is -2.38. The zero-order valence-corrected chi connectivity index (χ0v) is 16.4. The maximum absolute atomic E-state index is 13.9. The molecule has 27 heavy (non-hydrogen) atoms. The average molecular weight is 399 g/mol. The molecule has 1 saturated heterocycles. The summed E-state index contributed by atoms with van der Waals surface area (Å²) in [6.45, 7) is 3.35. The smallest absolute Gasteiger partial charge is 0.243 e. The number of nitrogens with zero attached hydrogens (tertiary/aromatic N) is 1. The fourth-order valence-corrected chi connectivity index (χ4v) is 6.19. The lowest BCUT2D eigenvalue weighted by molar-refractivity contribution is 0.140. The van der Waals surface area contributed by atoms with Crippen molar-refractivity contribution >= 4 is 10.0 Å². The minimum Gasteiger partial charge on any atom is -0.302 e. The summed E-state index contributed by atoms with van der Waals surface area (Å²) in [5, 5.41) is 0. The van der Waals surface area contributed by atoms with Crippen LogP contribution < -0.4 is 4.72 Å². The van der Waals surface area contributed by atoms with Gasteiger partial charge in [0.2, 0.25) is 10.0 Å². The summed E-state index contributed by atoms with van der Waals surface area (Å²) in [5.41, 5.74) is 0.163. The van der Waals surface area contributed by atoms with Crippen LogP contribution in [0.5, 0.6) is 0 Å². The number of likely N-dealkylation sites (tertiary alicyclic amines) is 1. The lowest BCUT2D eigenvalue weighted by atomic mass is 9.68. The van der Waals surface area contributed by atoms with Crippen molar-refractivity contribution in [2.24, 2.45) is 17.3 Å². The van der Waals surface area contributed by atoms with Crippen LogP contribution in [0.4, 0.5) is 8.78 Å². The van der Waals surface area contributed by atoms with Gasteiger partial charge in [-0.05, 0) is 61.1 Å². The van der Waals surface area contributed by atoms with E-state index in [1.54, 1.807) is 0 Å². The number of halogens is 2. The van der Waals surface area contributed by atoms with E-state index >= 15 is 0 Å². The van der Waals surface area contributed by atoms with Crippen LogP contribution >= 0.6 is 0 Å². The molecule has 0 aromatic heterocycles. The van der Waals surface area contributed by atoms with Crippen molar-refractivity contribution in [3.63, 3.8) is 0 Å². The van der Waals surface area contributed by atoms with Crippen LogP contribution in [0.3, 0.4) is 0 Å². The van der Waals surface area contributed by atoms with E-state index in [2.05, 4.69) is 9.62 Å². The van der Waals surface area contributed by atoms with Crippen molar-refractivity contribution in [1.29, 1.82) is 0 Å². The Labute approximate surface area is 160 Å². The van der Waals surface area contributed by atoms with Crippen molar-refractivity contribution in [2.75, 3.05) is 26.2 Å². The van der Waals surface area contributed by atoms with E-state index in [-0.39, 0.29) is 11.3 Å². The van der Waals surface area contributed by atoms with Gasteiger partial charge in [0.1, 0.15) is 16.5 Å². The molecule has 2 aliphatic carbocycles. The van der Waals surface area contributed by atoms with Gasteiger partial charge in [-0.2, -0.15) is 0 Å². The average Bonchev–Trinajstić information content (AvgIpc) is 3.39. The third-order valence-electron chi connectivity index (χ3n) is 6.65. The summed E-state index contributed by atoms with van der Waals surface area (Å²) in [7, 11) is -4.07. The molecule has 4 nitrogen and oxygen atoms in total. The van der Waals surface area contributed by atoms with Crippen molar-refractivity contribution in [3.8, 4) is 0 Å². The molecule has 150 valence electrons.